The summed E-state index contributed by atoms with van der Waals surface area (Å²) >= 11 is 0. The molecule has 1 heterocycles. The average Bonchev–Trinajstić information content (AvgIpc) is 2.41. The van der Waals surface area contributed by atoms with E-state index >= 15 is 0 Å². The quantitative estimate of drug-likeness (QED) is 0.751. The Kier molecular flexibility index (Phi) is 3.88. The van der Waals surface area contributed by atoms with Crippen molar-refractivity contribution in [3.63, 3.8) is 0 Å². The van der Waals surface area contributed by atoms with Gasteiger partial charge in [0.1, 0.15) is 0 Å². The van der Waals surface area contributed by atoms with Crippen molar-refractivity contribution in [3.8, 4) is 0 Å². The van der Waals surface area contributed by atoms with Gasteiger partial charge in [-0.1, -0.05) is 0 Å². The van der Waals surface area contributed by atoms with E-state index in [4.69, 9.17) is 0 Å². The largest absolute Gasteiger partial charge is 0.390 e. The molecule has 1 aromatic rings. The van der Waals surface area contributed by atoms with Crippen molar-refractivity contribution in [1.29, 1.82) is 0 Å². The molecular formula is C11H21N3O. The molecule has 1 aromatic heterocycles. The molecule has 0 aromatic carbocycles. The summed E-state index contributed by atoms with van der Waals surface area (Å²) in [6, 6.07) is 2.02. The maximum absolute atomic E-state index is 10.2. The van der Waals surface area contributed by atoms with Crippen molar-refractivity contribution in [2.45, 2.75) is 32.3 Å². The van der Waals surface area contributed by atoms with Gasteiger partial charge in [-0.25, -0.2) is 0 Å². The third-order valence-corrected chi connectivity index (χ3v) is 2.57. The highest BCUT2D eigenvalue weighted by Crippen LogP contribution is 2.16. The van der Waals surface area contributed by atoms with Gasteiger partial charge in [0.05, 0.1) is 11.3 Å². The van der Waals surface area contributed by atoms with Gasteiger partial charge in [0.2, 0.25) is 0 Å². The maximum atomic E-state index is 10.2. The molecule has 0 bridgehead atoms. The Balaban J connectivity index is 2.63. The van der Waals surface area contributed by atoms with Gasteiger partial charge < -0.3 is 10.4 Å². The first kappa shape index (κ1) is 12.2. The van der Waals surface area contributed by atoms with E-state index in [9.17, 15) is 5.11 Å². The van der Waals surface area contributed by atoms with Crippen LogP contribution in [0.1, 0.15) is 24.7 Å². The highest BCUT2D eigenvalue weighted by atomic mass is 16.3. The van der Waals surface area contributed by atoms with Crippen LogP contribution in [-0.2, 0) is 13.5 Å². The normalized spacial score (nSPS) is 15.3. The monoisotopic (exact) mass is 211 g/mol. The molecule has 0 spiro atoms. The summed E-state index contributed by atoms with van der Waals surface area (Å²) in [7, 11) is 3.81. The molecule has 0 saturated carbocycles. The van der Waals surface area contributed by atoms with Crippen LogP contribution in [0.2, 0.25) is 0 Å². The van der Waals surface area contributed by atoms with Crippen molar-refractivity contribution in [2.75, 3.05) is 13.6 Å². The molecule has 1 atom stereocenters. The van der Waals surface area contributed by atoms with Crippen LogP contribution < -0.4 is 5.32 Å². The van der Waals surface area contributed by atoms with E-state index in [1.165, 1.54) is 0 Å². The standard InChI is InChI=1S/C11H21N3O/c1-9-7-10(14(4)13-9)8-11(2,15)5-6-12-3/h7,12,15H,5-6,8H2,1-4H3. The topological polar surface area (TPSA) is 50.1 Å². The maximum Gasteiger partial charge on any atom is 0.0686 e. The van der Waals surface area contributed by atoms with Crippen molar-refractivity contribution in [1.82, 2.24) is 15.1 Å². The molecule has 4 nitrogen and oxygen atoms in total. The van der Waals surface area contributed by atoms with Crippen molar-refractivity contribution in [2.24, 2.45) is 7.05 Å². The first-order valence-corrected chi connectivity index (χ1v) is 5.31. The van der Waals surface area contributed by atoms with E-state index < -0.39 is 5.60 Å². The van der Waals surface area contributed by atoms with Gasteiger partial charge in [-0.3, -0.25) is 4.68 Å². The Labute approximate surface area is 91.3 Å². The summed E-state index contributed by atoms with van der Waals surface area (Å²) in [6.07, 6.45) is 1.39. The Hall–Kier alpha value is -0.870. The molecule has 86 valence electrons. The highest BCUT2D eigenvalue weighted by molar-refractivity contribution is 5.11. The van der Waals surface area contributed by atoms with E-state index in [0.717, 1.165) is 24.4 Å². The second-order valence-corrected chi connectivity index (χ2v) is 4.43. The minimum Gasteiger partial charge on any atom is -0.390 e. The minimum absolute atomic E-state index is 0.645. The van der Waals surface area contributed by atoms with Gasteiger partial charge >= 0.3 is 0 Å². The first-order valence-electron chi connectivity index (χ1n) is 5.31. The number of nitrogens with one attached hydrogen (secondary N) is 1. The minimum atomic E-state index is -0.663. The molecule has 0 aliphatic heterocycles. The first-order chi connectivity index (χ1) is 6.94. The van der Waals surface area contributed by atoms with E-state index in [2.05, 4.69) is 10.4 Å². The third kappa shape index (κ3) is 3.64. The highest BCUT2D eigenvalue weighted by Gasteiger charge is 2.22. The molecule has 1 rings (SSSR count). The molecule has 2 N–H and O–H groups in total. The van der Waals surface area contributed by atoms with Crippen molar-refractivity contribution in [3.05, 3.63) is 17.5 Å². The molecular weight excluding hydrogens is 190 g/mol. The van der Waals surface area contributed by atoms with Crippen molar-refractivity contribution < 1.29 is 5.11 Å². The molecule has 0 aliphatic carbocycles. The van der Waals surface area contributed by atoms with E-state index in [-0.39, 0.29) is 0 Å². The van der Waals surface area contributed by atoms with Gasteiger partial charge in [-0.05, 0) is 39.9 Å². The van der Waals surface area contributed by atoms with Crippen LogP contribution >= 0.6 is 0 Å². The van der Waals surface area contributed by atoms with E-state index in [0.29, 0.717) is 6.42 Å². The lowest BCUT2D eigenvalue weighted by atomic mass is 9.96. The number of aliphatic hydroxyl groups is 1. The van der Waals surface area contributed by atoms with Gasteiger partial charge in [0, 0.05) is 19.2 Å². The summed E-state index contributed by atoms with van der Waals surface area (Å²) in [5.74, 6) is 0. The lowest BCUT2D eigenvalue weighted by molar-refractivity contribution is 0.0502. The fraction of sp³-hybridized carbons (Fsp3) is 0.727. The SMILES string of the molecule is CNCCC(C)(O)Cc1cc(C)nn1C. The number of aromatic nitrogens is 2. The summed E-state index contributed by atoms with van der Waals surface area (Å²) in [5, 5.41) is 17.5. The number of hydrogen-bond donors (Lipinski definition) is 2. The Bertz CT molecular complexity index is 318. The van der Waals surface area contributed by atoms with Gasteiger partial charge in [-0.15, -0.1) is 0 Å². The molecule has 0 amide bonds. The zero-order chi connectivity index (χ0) is 11.5. The zero-order valence-corrected chi connectivity index (χ0v) is 10.0. The molecule has 1 unspecified atom stereocenters. The molecule has 15 heavy (non-hydrogen) atoms. The van der Waals surface area contributed by atoms with Crippen LogP contribution in [-0.4, -0.2) is 34.1 Å². The Morgan fingerprint density at radius 2 is 2.27 bits per heavy atom. The predicted molar refractivity (Wildman–Crippen MR) is 60.8 cm³/mol. The number of hydrogen-bond acceptors (Lipinski definition) is 3. The molecule has 0 fully saturated rings. The summed E-state index contributed by atoms with van der Waals surface area (Å²) < 4.78 is 1.84. The van der Waals surface area contributed by atoms with Crippen LogP contribution in [0, 0.1) is 6.92 Å². The lowest BCUT2D eigenvalue weighted by Gasteiger charge is -2.22. The van der Waals surface area contributed by atoms with Crippen LogP contribution in [0.3, 0.4) is 0 Å². The number of rotatable bonds is 5. The van der Waals surface area contributed by atoms with Crippen LogP contribution in [0.4, 0.5) is 0 Å². The van der Waals surface area contributed by atoms with Crippen LogP contribution in [0.5, 0.6) is 0 Å². The zero-order valence-electron chi connectivity index (χ0n) is 10.0. The molecule has 0 aliphatic rings. The molecule has 4 heteroatoms. The van der Waals surface area contributed by atoms with E-state index in [1.54, 1.807) is 0 Å². The molecule has 0 radical (unpaired) electrons. The second kappa shape index (κ2) is 4.77. The summed E-state index contributed by atoms with van der Waals surface area (Å²) in [5.41, 5.74) is 1.41. The van der Waals surface area contributed by atoms with Gasteiger partial charge in [-0.2, -0.15) is 5.10 Å². The van der Waals surface area contributed by atoms with Gasteiger partial charge in [0.15, 0.2) is 0 Å². The molecule has 0 saturated heterocycles. The number of aryl methyl sites for hydroxylation is 2. The third-order valence-electron chi connectivity index (χ3n) is 2.57. The lowest BCUT2D eigenvalue weighted by Crippen LogP contribution is -2.32. The fourth-order valence-electron chi connectivity index (χ4n) is 1.70. The Morgan fingerprint density at radius 1 is 1.60 bits per heavy atom. The van der Waals surface area contributed by atoms with Gasteiger partial charge in [0.25, 0.3) is 0 Å². The predicted octanol–water partition coefficient (Wildman–Crippen LogP) is 0.632. The van der Waals surface area contributed by atoms with Crippen LogP contribution in [0.25, 0.3) is 0 Å². The van der Waals surface area contributed by atoms with Crippen molar-refractivity contribution >= 4 is 0 Å². The smallest absolute Gasteiger partial charge is 0.0686 e. The van der Waals surface area contributed by atoms with Crippen LogP contribution in [0.15, 0.2) is 6.07 Å². The summed E-state index contributed by atoms with van der Waals surface area (Å²) in [6.45, 7) is 4.66. The fourth-order valence-corrected chi connectivity index (χ4v) is 1.70. The Morgan fingerprint density at radius 3 is 2.73 bits per heavy atom. The average molecular weight is 211 g/mol. The van der Waals surface area contributed by atoms with E-state index in [1.807, 2.05) is 38.7 Å². The second-order valence-electron chi connectivity index (χ2n) is 4.43. The summed E-state index contributed by atoms with van der Waals surface area (Å²) in [4.78, 5) is 0. The number of nitrogens with zero attached hydrogens (tertiary/aromatic N) is 2.